The van der Waals surface area contributed by atoms with Crippen LogP contribution in [-0.4, -0.2) is 34.4 Å². The fourth-order valence-electron chi connectivity index (χ4n) is 5.25. The van der Waals surface area contributed by atoms with Gasteiger partial charge in [0.05, 0.1) is 18.3 Å². The third-order valence-corrected chi connectivity index (χ3v) is 7.55. The first-order chi connectivity index (χ1) is 17.3. The molecule has 1 saturated heterocycles. The smallest absolute Gasteiger partial charge is 0.283 e. The molecule has 36 heavy (non-hydrogen) atoms. The van der Waals surface area contributed by atoms with Crippen molar-refractivity contribution in [3.05, 3.63) is 86.6 Å². The molecule has 0 radical (unpaired) electrons. The monoisotopic (exact) mass is 521 g/mol. The molecular formula is C27H31ClF3N3O2. The zero-order valence-corrected chi connectivity index (χ0v) is 21.2. The zero-order valence-electron chi connectivity index (χ0n) is 20.4. The minimum Gasteiger partial charge on any atom is -0.493 e. The summed E-state index contributed by atoms with van der Waals surface area (Å²) in [6.45, 7) is 4.11. The highest BCUT2D eigenvalue weighted by Gasteiger charge is 2.36. The van der Waals surface area contributed by atoms with Gasteiger partial charge in [0.25, 0.3) is 5.56 Å². The Balaban J connectivity index is 1.47. The van der Waals surface area contributed by atoms with Gasteiger partial charge in [-0.2, -0.15) is 0 Å². The summed E-state index contributed by atoms with van der Waals surface area (Å²) in [4.78, 5) is 14.7. The lowest BCUT2D eigenvalue weighted by Gasteiger charge is -2.41. The highest BCUT2D eigenvalue weighted by molar-refractivity contribution is 6.31. The lowest BCUT2D eigenvalue weighted by Crippen LogP contribution is -2.40. The minimum absolute atomic E-state index is 0.0118. The van der Waals surface area contributed by atoms with Gasteiger partial charge in [0.15, 0.2) is 11.6 Å². The number of aromatic nitrogens is 2. The molecule has 1 aromatic heterocycles. The van der Waals surface area contributed by atoms with Crippen molar-refractivity contribution in [3.63, 3.8) is 0 Å². The van der Waals surface area contributed by atoms with Crippen molar-refractivity contribution in [2.45, 2.75) is 44.6 Å². The molecule has 3 aromatic rings. The molecule has 1 aliphatic rings. The first kappa shape index (κ1) is 26.4. The van der Waals surface area contributed by atoms with Gasteiger partial charge in [-0.25, -0.2) is 13.2 Å². The molecule has 2 aromatic carbocycles. The summed E-state index contributed by atoms with van der Waals surface area (Å²) < 4.78 is 47.5. The SMILES string of the molecule is CCC(c1ccc(F)cc1)C(c1c(Cl)c(=O)[nH]n1C)N1CCC(CCOc2ccc(F)c(F)c2)CC1. The summed E-state index contributed by atoms with van der Waals surface area (Å²) in [6.07, 6.45) is 3.44. The van der Waals surface area contributed by atoms with Crippen LogP contribution in [0.15, 0.2) is 47.3 Å². The maximum atomic E-state index is 13.6. The summed E-state index contributed by atoms with van der Waals surface area (Å²) in [5.74, 6) is -1.35. The van der Waals surface area contributed by atoms with Crippen LogP contribution in [0.1, 0.15) is 55.8 Å². The van der Waals surface area contributed by atoms with Crippen LogP contribution in [0.2, 0.25) is 5.02 Å². The second kappa shape index (κ2) is 11.6. The van der Waals surface area contributed by atoms with Crippen molar-refractivity contribution in [2.24, 2.45) is 13.0 Å². The first-order valence-electron chi connectivity index (χ1n) is 12.3. The van der Waals surface area contributed by atoms with Gasteiger partial charge in [0.1, 0.15) is 16.6 Å². The summed E-state index contributed by atoms with van der Waals surface area (Å²) in [5, 5.41) is 2.96. The van der Waals surface area contributed by atoms with Gasteiger partial charge in [0.2, 0.25) is 0 Å². The molecule has 0 spiro atoms. The minimum atomic E-state index is -0.920. The number of ether oxygens (including phenoxy) is 1. The van der Waals surface area contributed by atoms with E-state index in [1.165, 1.54) is 18.2 Å². The largest absolute Gasteiger partial charge is 0.493 e. The molecule has 0 amide bonds. The predicted molar refractivity (Wildman–Crippen MR) is 134 cm³/mol. The predicted octanol–water partition coefficient (Wildman–Crippen LogP) is 6.20. The number of nitrogens with one attached hydrogen (secondary N) is 1. The molecule has 1 aliphatic heterocycles. The molecule has 2 unspecified atom stereocenters. The number of aryl methyl sites for hydroxylation is 1. The Labute approximate surface area is 213 Å². The first-order valence-corrected chi connectivity index (χ1v) is 12.7. The van der Waals surface area contributed by atoms with Gasteiger partial charge in [-0.05, 0) is 74.5 Å². The van der Waals surface area contributed by atoms with E-state index in [0.717, 1.165) is 62.2 Å². The average molecular weight is 522 g/mol. The van der Waals surface area contributed by atoms with E-state index in [4.69, 9.17) is 16.3 Å². The van der Waals surface area contributed by atoms with Crippen LogP contribution in [0.25, 0.3) is 0 Å². The number of halogens is 4. The van der Waals surface area contributed by atoms with E-state index in [-0.39, 0.29) is 28.4 Å². The summed E-state index contributed by atoms with van der Waals surface area (Å²) in [7, 11) is 1.79. The highest BCUT2D eigenvalue weighted by Crippen LogP contribution is 2.42. The summed E-state index contributed by atoms with van der Waals surface area (Å²) in [5.41, 5.74) is 1.41. The van der Waals surface area contributed by atoms with Crippen molar-refractivity contribution in [1.29, 1.82) is 0 Å². The Morgan fingerprint density at radius 3 is 2.36 bits per heavy atom. The Hall–Kier alpha value is -2.71. The molecule has 0 saturated carbocycles. The van der Waals surface area contributed by atoms with Crippen LogP contribution in [-0.2, 0) is 7.05 Å². The van der Waals surface area contributed by atoms with E-state index in [1.807, 2.05) is 0 Å². The van der Waals surface area contributed by atoms with Crippen molar-refractivity contribution in [2.75, 3.05) is 19.7 Å². The van der Waals surface area contributed by atoms with Crippen molar-refractivity contribution in [1.82, 2.24) is 14.7 Å². The molecule has 1 N–H and O–H groups in total. The van der Waals surface area contributed by atoms with Crippen LogP contribution in [0, 0.1) is 23.4 Å². The fourth-order valence-corrected chi connectivity index (χ4v) is 5.53. The molecule has 4 rings (SSSR count). The molecule has 0 aliphatic carbocycles. The van der Waals surface area contributed by atoms with Crippen molar-refractivity contribution >= 4 is 11.6 Å². The molecule has 2 heterocycles. The molecule has 5 nitrogen and oxygen atoms in total. The molecule has 194 valence electrons. The normalized spacial score (nSPS) is 16.7. The van der Waals surface area contributed by atoms with Gasteiger partial charge in [-0.1, -0.05) is 30.7 Å². The Morgan fingerprint density at radius 1 is 1.08 bits per heavy atom. The molecular weight excluding hydrogens is 491 g/mol. The number of H-pyrrole nitrogens is 1. The van der Waals surface area contributed by atoms with E-state index in [0.29, 0.717) is 18.3 Å². The number of hydrogen-bond acceptors (Lipinski definition) is 3. The van der Waals surface area contributed by atoms with E-state index in [2.05, 4.69) is 16.9 Å². The quantitative estimate of drug-likeness (QED) is 0.365. The highest BCUT2D eigenvalue weighted by atomic mass is 35.5. The number of nitrogens with zero attached hydrogens (tertiary/aromatic N) is 2. The van der Waals surface area contributed by atoms with Crippen LogP contribution in [0.3, 0.4) is 0 Å². The van der Waals surface area contributed by atoms with Gasteiger partial charge < -0.3 is 4.74 Å². The number of benzene rings is 2. The van der Waals surface area contributed by atoms with Gasteiger partial charge in [-0.15, -0.1) is 0 Å². The van der Waals surface area contributed by atoms with E-state index >= 15 is 0 Å². The maximum Gasteiger partial charge on any atom is 0.283 e. The van der Waals surface area contributed by atoms with Gasteiger partial charge in [0, 0.05) is 19.0 Å². The number of hydrogen-bond donors (Lipinski definition) is 1. The number of aromatic amines is 1. The van der Waals surface area contributed by atoms with Crippen LogP contribution >= 0.6 is 11.6 Å². The molecule has 0 bridgehead atoms. The summed E-state index contributed by atoms with van der Waals surface area (Å²) in [6, 6.07) is 9.93. The maximum absolute atomic E-state index is 13.6. The van der Waals surface area contributed by atoms with Crippen LogP contribution in [0.4, 0.5) is 13.2 Å². The number of piperidine rings is 1. The number of rotatable bonds is 9. The summed E-state index contributed by atoms with van der Waals surface area (Å²) >= 11 is 6.50. The lowest BCUT2D eigenvalue weighted by molar-refractivity contribution is 0.0997. The van der Waals surface area contributed by atoms with E-state index < -0.39 is 11.6 Å². The van der Waals surface area contributed by atoms with Crippen molar-refractivity contribution in [3.8, 4) is 5.75 Å². The van der Waals surface area contributed by atoms with Crippen LogP contribution in [0.5, 0.6) is 5.75 Å². The van der Waals surface area contributed by atoms with Crippen LogP contribution < -0.4 is 10.3 Å². The molecule has 2 atom stereocenters. The van der Waals surface area contributed by atoms with E-state index in [9.17, 15) is 18.0 Å². The second-order valence-corrected chi connectivity index (χ2v) is 9.78. The fraction of sp³-hybridized carbons (Fsp3) is 0.444. The zero-order chi connectivity index (χ0) is 25.8. The molecule has 9 heteroatoms. The Bertz CT molecular complexity index is 1220. The Morgan fingerprint density at radius 2 is 1.78 bits per heavy atom. The second-order valence-electron chi connectivity index (χ2n) is 9.40. The number of likely N-dealkylation sites (tertiary alicyclic amines) is 1. The average Bonchev–Trinajstić information content (AvgIpc) is 3.12. The topological polar surface area (TPSA) is 50.3 Å². The third kappa shape index (κ3) is 5.81. The van der Waals surface area contributed by atoms with Gasteiger partial charge in [-0.3, -0.25) is 19.5 Å². The van der Waals surface area contributed by atoms with Gasteiger partial charge >= 0.3 is 0 Å². The van der Waals surface area contributed by atoms with Crippen molar-refractivity contribution < 1.29 is 17.9 Å². The standard InChI is InChI=1S/C27H31ClF3N3O2/c1-3-21(18-4-6-19(29)7-5-18)25(26-24(28)27(35)32-33(26)2)34-13-10-17(11-14-34)12-15-36-20-8-9-22(30)23(31)16-20/h4-9,16-17,21,25H,3,10-15H2,1-2H3,(H,32,35). The lowest BCUT2D eigenvalue weighted by atomic mass is 9.84. The Kier molecular flexibility index (Phi) is 8.46. The van der Waals surface area contributed by atoms with E-state index in [1.54, 1.807) is 23.9 Å². The molecule has 1 fully saturated rings. The third-order valence-electron chi connectivity index (χ3n) is 7.18.